The van der Waals surface area contributed by atoms with Crippen molar-refractivity contribution in [1.29, 1.82) is 0 Å². The van der Waals surface area contributed by atoms with Gasteiger partial charge in [0.1, 0.15) is 11.6 Å². The van der Waals surface area contributed by atoms with E-state index in [0.717, 1.165) is 39.7 Å². The fraction of sp³-hybridized carbons (Fsp3) is 0.245. The molecule has 0 aliphatic rings. The molecule has 0 saturated carbocycles. The van der Waals surface area contributed by atoms with Crippen molar-refractivity contribution in [3.8, 4) is 39.4 Å². The molecule has 0 aliphatic heterocycles. The molecule has 57 heavy (non-hydrogen) atoms. The van der Waals surface area contributed by atoms with Gasteiger partial charge in [0.25, 0.3) is 0 Å². The topological polar surface area (TPSA) is 49.2 Å². The van der Waals surface area contributed by atoms with Crippen LogP contribution < -0.4 is 4.90 Å². The van der Waals surface area contributed by atoms with Gasteiger partial charge >= 0.3 is 0 Å². The molecular formula is C53H55N3O. The fourth-order valence-electron chi connectivity index (χ4n) is 7.69. The molecule has 2 heterocycles. The van der Waals surface area contributed by atoms with Crippen LogP contribution in [0.3, 0.4) is 0 Å². The summed E-state index contributed by atoms with van der Waals surface area (Å²) in [6, 6.07) is 51.0. The molecule has 1 N–H and O–H groups in total. The number of phenolic OH excluding ortho intramolecular Hbond substituents is 1. The number of hydrogen-bond donors (Lipinski definition) is 1. The Hall–Kier alpha value is -6.00. The molecule has 0 spiro atoms. The average molecular weight is 750 g/mol. The van der Waals surface area contributed by atoms with Crippen molar-refractivity contribution < 1.29 is 5.11 Å². The standard InChI is InChI=1S/C53H55N3O/c1-35(2)45-30-38(37-20-12-10-13-21-37)31-46(36(3)4)51(45)56(50-26-18-19-27-54-50)43-29-39(28-41(32-43)52(5,6)7)47-33-42(53(8,9)40-22-14-11-15-23-40)34-48(55-47)44-24-16-17-25-49(44)57/h10-36,57H,1-9H3. The molecule has 4 heteroatoms. The summed E-state index contributed by atoms with van der Waals surface area (Å²) >= 11 is 0. The first-order valence-corrected chi connectivity index (χ1v) is 20.2. The van der Waals surface area contributed by atoms with Crippen molar-refractivity contribution >= 4 is 17.2 Å². The molecule has 0 atom stereocenters. The number of anilines is 3. The third-order valence-electron chi connectivity index (χ3n) is 11.2. The Labute approximate surface area is 340 Å². The highest BCUT2D eigenvalue weighted by Gasteiger charge is 2.29. The minimum Gasteiger partial charge on any atom is -0.507 e. The van der Waals surface area contributed by atoms with Gasteiger partial charge in [0.05, 0.1) is 17.1 Å². The van der Waals surface area contributed by atoms with Gasteiger partial charge in [0.2, 0.25) is 0 Å². The lowest BCUT2D eigenvalue weighted by molar-refractivity contribution is 0.477. The van der Waals surface area contributed by atoms with Crippen LogP contribution in [0, 0.1) is 0 Å². The Morgan fingerprint density at radius 2 is 1.12 bits per heavy atom. The maximum atomic E-state index is 11.1. The van der Waals surface area contributed by atoms with Gasteiger partial charge in [-0.15, -0.1) is 0 Å². The lowest BCUT2D eigenvalue weighted by Crippen LogP contribution is -2.20. The third kappa shape index (κ3) is 8.14. The Morgan fingerprint density at radius 1 is 0.526 bits per heavy atom. The summed E-state index contributed by atoms with van der Waals surface area (Å²) < 4.78 is 0. The molecular weight excluding hydrogens is 695 g/mol. The summed E-state index contributed by atoms with van der Waals surface area (Å²) in [5.74, 6) is 1.53. The number of aromatic nitrogens is 2. The molecule has 7 aromatic rings. The summed E-state index contributed by atoms with van der Waals surface area (Å²) in [5.41, 5.74) is 13.4. The van der Waals surface area contributed by atoms with Crippen LogP contribution in [0.4, 0.5) is 17.2 Å². The molecule has 2 aromatic heterocycles. The van der Waals surface area contributed by atoms with Crippen LogP contribution in [0.5, 0.6) is 5.75 Å². The van der Waals surface area contributed by atoms with Crippen LogP contribution in [0.15, 0.2) is 152 Å². The fourth-order valence-corrected chi connectivity index (χ4v) is 7.69. The van der Waals surface area contributed by atoms with Crippen LogP contribution in [-0.4, -0.2) is 15.1 Å². The molecule has 0 bridgehead atoms. The molecule has 288 valence electrons. The molecule has 0 saturated heterocycles. The highest BCUT2D eigenvalue weighted by atomic mass is 16.3. The SMILES string of the molecule is CC(C)c1cc(-c2ccccc2)cc(C(C)C)c1N(c1cc(-c2cc(C(C)(C)c3ccccc3)cc(-c3ccccc3O)n2)cc(C(C)(C)C)c1)c1ccccn1. The molecule has 0 fully saturated rings. The largest absolute Gasteiger partial charge is 0.507 e. The van der Waals surface area contributed by atoms with E-state index in [-0.39, 0.29) is 28.4 Å². The van der Waals surface area contributed by atoms with Gasteiger partial charge in [0.15, 0.2) is 0 Å². The van der Waals surface area contributed by atoms with Gasteiger partial charge < -0.3 is 5.11 Å². The zero-order valence-corrected chi connectivity index (χ0v) is 34.9. The highest BCUT2D eigenvalue weighted by Crippen LogP contribution is 2.47. The summed E-state index contributed by atoms with van der Waals surface area (Å²) in [7, 11) is 0. The Bertz CT molecular complexity index is 2450. The number of benzene rings is 5. The quantitative estimate of drug-likeness (QED) is 0.151. The smallest absolute Gasteiger partial charge is 0.137 e. The monoisotopic (exact) mass is 749 g/mol. The normalized spacial score (nSPS) is 12.0. The van der Waals surface area contributed by atoms with E-state index in [1.807, 2.05) is 30.5 Å². The van der Waals surface area contributed by atoms with E-state index in [9.17, 15) is 5.11 Å². The number of rotatable bonds is 10. The minimum atomic E-state index is -0.346. The molecule has 0 amide bonds. The van der Waals surface area contributed by atoms with E-state index >= 15 is 0 Å². The third-order valence-corrected chi connectivity index (χ3v) is 11.2. The van der Waals surface area contributed by atoms with Crippen LogP contribution in [0.1, 0.15) is 102 Å². The van der Waals surface area contributed by atoms with Gasteiger partial charge in [-0.05, 0) is 123 Å². The summed E-state index contributed by atoms with van der Waals surface area (Å²) in [4.78, 5) is 12.8. The van der Waals surface area contributed by atoms with Crippen molar-refractivity contribution in [2.45, 2.75) is 85.0 Å². The molecule has 7 rings (SSSR count). The van der Waals surface area contributed by atoms with Crippen molar-refractivity contribution in [3.63, 3.8) is 0 Å². The van der Waals surface area contributed by atoms with Crippen LogP contribution in [-0.2, 0) is 10.8 Å². The molecule has 0 aliphatic carbocycles. The minimum absolute atomic E-state index is 0.180. The maximum absolute atomic E-state index is 11.1. The zero-order chi connectivity index (χ0) is 40.5. The molecule has 0 radical (unpaired) electrons. The van der Waals surface area contributed by atoms with Crippen molar-refractivity contribution in [3.05, 3.63) is 180 Å². The van der Waals surface area contributed by atoms with Gasteiger partial charge in [-0.2, -0.15) is 0 Å². The van der Waals surface area contributed by atoms with E-state index in [0.29, 0.717) is 5.56 Å². The number of hydrogen-bond acceptors (Lipinski definition) is 4. The van der Waals surface area contributed by atoms with E-state index in [2.05, 4.69) is 182 Å². The van der Waals surface area contributed by atoms with Gasteiger partial charge in [-0.25, -0.2) is 9.97 Å². The average Bonchev–Trinajstić information content (AvgIpc) is 3.21. The Morgan fingerprint density at radius 3 is 1.72 bits per heavy atom. The van der Waals surface area contributed by atoms with E-state index in [4.69, 9.17) is 9.97 Å². The number of phenols is 1. The summed E-state index contributed by atoms with van der Waals surface area (Å²) in [6.45, 7) is 20.5. The van der Waals surface area contributed by atoms with Gasteiger partial charge in [-0.1, -0.05) is 141 Å². The second kappa shape index (κ2) is 15.9. The Kier molecular flexibility index (Phi) is 10.9. The van der Waals surface area contributed by atoms with Crippen LogP contribution >= 0.6 is 0 Å². The van der Waals surface area contributed by atoms with Crippen molar-refractivity contribution in [2.24, 2.45) is 0 Å². The second-order valence-electron chi connectivity index (χ2n) is 17.4. The first-order chi connectivity index (χ1) is 27.2. The zero-order valence-electron chi connectivity index (χ0n) is 34.9. The van der Waals surface area contributed by atoms with Crippen molar-refractivity contribution in [2.75, 3.05) is 4.90 Å². The molecule has 4 nitrogen and oxygen atoms in total. The van der Waals surface area contributed by atoms with E-state index in [1.54, 1.807) is 6.07 Å². The predicted octanol–water partition coefficient (Wildman–Crippen LogP) is 14.5. The maximum Gasteiger partial charge on any atom is 0.137 e. The van der Waals surface area contributed by atoms with Crippen LogP contribution in [0.25, 0.3) is 33.6 Å². The van der Waals surface area contributed by atoms with Gasteiger partial charge in [-0.3, -0.25) is 4.90 Å². The van der Waals surface area contributed by atoms with Crippen molar-refractivity contribution in [1.82, 2.24) is 9.97 Å². The number of nitrogens with zero attached hydrogens (tertiary/aromatic N) is 3. The summed E-state index contributed by atoms with van der Waals surface area (Å²) in [5, 5.41) is 11.1. The summed E-state index contributed by atoms with van der Waals surface area (Å²) in [6.07, 6.45) is 1.88. The van der Waals surface area contributed by atoms with E-state index in [1.165, 1.54) is 33.4 Å². The number of aromatic hydroxyl groups is 1. The second-order valence-corrected chi connectivity index (χ2v) is 17.4. The number of pyridine rings is 2. The Balaban J connectivity index is 1.53. The first kappa shape index (κ1) is 39.2. The lowest BCUT2D eigenvalue weighted by Gasteiger charge is -2.33. The van der Waals surface area contributed by atoms with E-state index < -0.39 is 0 Å². The highest BCUT2D eigenvalue weighted by molar-refractivity contribution is 5.85. The van der Waals surface area contributed by atoms with Gasteiger partial charge in [0, 0.05) is 28.4 Å². The number of para-hydroxylation sites is 1. The molecule has 0 unspecified atom stereocenters. The molecule has 5 aromatic carbocycles. The lowest BCUT2D eigenvalue weighted by atomic mass is 9.77. The first-order valence-electron chi connectivity index (χ1n) is 20.2. The predicted molar refractivity (Wildman–Crippen MR) is 240 cm³/mol. The van der Waals surface area contributed by atoms with Crippen LogP contribution in [0.2, 0.25) is 0 Å².